The fraction of sp³-hybridized carbons (Fsp3) is 0.172. The van der Waals surface area contributed by atoms with E-state index in [0.29, 0.717) is 23.7 Å². The standard InChI is InChI=1S/C29H25N3O3/c1-4-16-35-24-15-12-21(17-25(24)34-3)23-18-26(33)30-29-27(23)28(20-8-6-5-7-9-20)31-32(29)22-13-10-19(2)11-14-22/h1,5-15,17,23H,16,18H2,2-3H3,(H,30,33)/t23-/m1/s1. The molecule has 6 heteroatoms. The molecule has 0 unspecified atom stereocenters. The Morgan fingerprint density at radius 2 is 1.86 bits per heavy atom. The van der Waals surface area contributed by atoms with E-state index in [-0.39, 0.29) is 18.4 Å². The second kappa shape index (κ2) is 9.40. The van der Waals surface area contributed by atoms with Gasteiger partial charge in [0, 0.05) is 23.5 Å². The Hall–Kier alpha value is -4.50. The van der Waals surface area contributed by atoms with Crippen LogP contribution in [-0.2, 0) is 4.79 Å². The maximum atomic E-state index is 12.9. The number of hydrogen-bond acceptors (Lipinski definition) is 4. The van der Waals surface area contributed by atoms with Crippen LogP contribution in [0.3, 0.4) is 0 Å². The van der Waals surface area contributed by atoms with Crippen LogP contribution in [0.25, 0.3) is 16.9 Å². The number of fused-ring (bicyclic) bond motifs is 1. The Morgan fingerprint density at radius 1 is 1.09 bits per heavy atom. The summed E-state index contributed by atoms with van der Waals surface area (Å²) in [5, 5.41) is 8.08. The minimum absolute atomic E-state index is 0.0676. The topological polar surface area (TPSA) is 65.4 Å². The molecule has 0 fully saturated rings. The van der Waals surface area contributed by atoms with Crippen molar-refractivity contribution in [3.8, 4) is 40.8 Å². The second-order valence-corrected chi connectivity index (χ2v) is 8.43. The fourth-order valence-corrected chi connectivity index (χ4v) is 4.46. The summed E-state index contributed by atoms with van der Waals surface area (Å²) in [7, 11) is 1.59. The zero-order valence-corrected chi connectivity index (χ0v) is 19.6. The average molecular weight is 464 g/mol. The van der Waals surface area contributed by atoms with Gasteiger partial charge >= 0.3 is 0 Å². The van der Waals surface area contributed by atoms with Gasteiger partial charge in [-0.2, -0.15) is 5.10 Å². The molecule has 2 heterocycles. The van der Waals surface area contributed by atoms with Gasteiger partial charge in [-0.25, -0.2) is 4.68 Å². The smallest absolute Gasteiger partial charge is 0.226 e. The molecule has 1 atom stereocenters. The zero-order chi connectivity index (χ0) is 24.4. The number of terminal acetylenes is 1. The summed E-state index contributed by atoms with van der Waals surface area (Å²) in [5.41, 5.74) is 5.75. The van der Waals surface area contributed by atoms with E-state index in [1.165, 1.54) is 0 Å². The number of carbonyl (C=O) groups is 1. The molecule has 0 bridgehead atoms. The van der Waals surface area contributed by atoms with Crippen LogP contribution in [0.4, 0.5) is 5.82 Å². The van der Waals surface area contributed by atoms with Gasteiger partial charge in [-0.15, -0.1) is 6.42 Å². The van der Waals surface area contributed by atoms with Gasteiger partial charge in [0.25, 0.3) is 0 Å². The SMILES string of the molecule is C#CCOc1ccc([C@H]2CC(=O)Nc3c2c(-c2ccccc2)nn3-c2ccc(C)cc2)cc1OC. The molecule has 5 rings (SSSR count). The number of rotatable bonds is 6. The number of amides is 1. The summed E-state index contributed by atoms with van der Waals surface area (Å²) >= 11 is 0. The molecule has 1 aliphatic heterocycles. The molecule has 4 aromatic rings. The molecule has 0 saturated carbocycles. The summed E-state index contributed by atoms with van der Waals surface area (Å²) in [4.78, 5) is 12.9. The van der Waals surface area contributed by atoms with E-state index < -0.39 is 0 Å². The largest absolute Gasteiger partial charge is 0.493 e. The van der Waals surface area contributed by atoms with Crippen molar-refractivity contribution in [3.63, 3.8) is 0 Å². The summed E-state index contributed by atoms with van der Waals surface area (Å²) in [6, 6.07) is 23.8. The third kappa shape index (κ3) is 4.24. The van der Waals surface area contributed by atoms with Crippen molar-refractivity contribution < 1.29 is 14.3 Å². The van der Waals surface area contributed by atoms with E-state index in [9.17, 15) is 4.79 Å². The highest BCUT2D eigenvalue weighted by molar-refractivity contribution is 5.96. The third-order valence-electron chi connectivity index (χ3n) is 6.14. The number of nitrogens with zero attached hydrogens (tertiary/aromatic N) is 2. The quantitative estimate of drug-likeness (QED) is 0.392. The van der Waals surface area contributed by atoms with Crippen LogP contribution in [0.5, 0.6) is 11.5 Å². The number of ether oxygens (including phenoxy) is 2. The van der Waals surface area contributed by atoms with E-state index in [4.69, 9.17) is 21.0 Å². The minimum Gasteiger partial charge on any atom is -0.493 e. The molecular weight excluding hydrogens is 438 g/mol. The monoisotopic (exact) mass is 463 g/mol. The molecule has 0 saturated heterocycles. The highest BCUT2D eigenvalue weighted by Crippen LogP contribution is 2.45. The molecule has 1 aliphatic rings. The first kappa shape index (κ1) is 22.3. The van der Waals surface area contributed by atoms with Gasteiger partial charge in [0.05, 0.1) is 18.5 Å². The number of benzene rings is 3. The Kier molecular flexibility index (Phi) is 5.99. The Bertz CT molecular complexity index is 1420. The summed E-state index contributed by atoms with van der Waals surface area (Å²) in [6.07, 6.45) is 5.64. The number of methoxy groups -OCH3 is 1. The van der Waals surface area contributed by atoms with Gasteiger partial charge in [0.15, 0.2) is 11.5 Å². The molecule has 3 aromatic carbocycles. The molecule has 0 radical (unpaired) electrons. The highest BCUT2D eigenvalue weighted by Gasteiger charge is 2.34. The summed E-state index contributed by atoms with van der Waals surface area (Å²) in [5.74, 6) is 4.00. The predicted molar refractivity (Wildman–Crippen MR) is 136 cm³/mol. The minimum atomic E-state index is -0.219. The third-order valence-corrected chi connectivity index (χ3v) is 6.14. The van der Waals surface area contributed by atoms with Gasteiger partial charge < -0.3 is 14.8 Å². The number of aryl methyl sites for hydroxylation is 1. The molecule has 6 nitrogen and oxygen atoms in total. The maximum absolute atomic E-state index is 12.9. The Labute approximate surface area is 204 Å². The van der Waals surface area contributed by atoms with Gasteiger partial charge in [-0.1, -0.05) is 60.0 Å². The average Bonchev–Trinajstić information content (AvgIpc) is 3.27. The maximum Gasteiger partial charge on any atom is 0.226 e. The van der Waals surface area contributed by atoms with E-state index >= 15 is 0 Å². The van der Waals surface area contributed by atoms with Crippen LogP contribution >= 0.6 is 0 Å². The van der Waals surface area contributed by atoms with Crippen LogP contribution < -0.4 is 14.8 Å². The number of carbonyl (C=O) groups excluding carboxylic acids is 1. The molecule has 0 spiro atoms. The van der Waals surface area contributed by atoms with Crippen LogP contribution in [0.2, 0.25) is 0 Å². The van der Waals surface area contributed by atoms with E-state index in [1.54, 1.807) is 7.11 Å². The molecule has 1 amide bonds. The zero-order valence-electron chi connectivity index (χ0n) is 19.6. The van der Waals surface area contributed by atoms with Gasteiger partial charge in [-0.3, -0.25) is 4.79 Å². The van der Waals surface area contributed by atoms with Crippen molar-refractivity contribution in [2.45, 2.75) is 19.3 Å². The number of hydrogen-bond donors (Lipinski definition) is 1. The van der Waals surface area contributed by atoms with Gasteiger partial charge in [-0.05, 0) is 36.8 Å². The fourth-order valence-electron chi connectivity index (χ4n) is 4.46. The molecule has 1 aromatic heterocycles. The lowest BCUT2D eigenvalue weighted by atomic mass is 9.84. The molecule has 35 heavy (non-hydrogen) atoms. The van der Waals surface area contributed by atoms with Crippen LogP contribution in [0, 0.1) is 19.3 Å². The molecular formula is C29H25N3O3. The van der Waals surface area contributed by atoms with Gasteiger partial charge in [0.2, 0.25) is 5.91 Å². The highest BCUT2D eigenvalue weighted by atomic mass is 16.5. The van der Waals surface area contributed by atoms with Crippen molar-refractivity contribution in [1.82, 2.24) is 9.78 Å². The van der Waals surface area contributed by atoms with Crippen molar-refractivity contribution in [2.75, 3.05) is 19.0 Å². The van der Waals surface area contributed by atoms with Crippen LogP contribution in [0.1, 0.15) is 29.0 Å². The van der Waals surface area contributed by atoms with Gasteiger partial charge in [0.1, 0.15) is 12.4 Å². The first-order valence-corrected chi connectivity index (χ1v) is 11.4. The second-order valence-electron chi connectivity index (χ2n) is 8.43. The Balaban J connectivity index is 1.69. The number of nitrogens with one attached hydrogen (secondary N) is 1. The van der Waals surface area contributed by atoms with E-state index in [1.807, 2.05) is 84.4 Å². The molecule has 0 aliphatic carbocycles. The number of anilines is 1. The predicted octanol–water partition coefficient (Wildman–Crippen LogP) is 5.34. The summed E-state index contributed by atoms with van der Waals surface area (Å²) in [6.45, 7) is 2.19. The normalized spacial score (nSPS) is 14.5. The first-order valence-electron chi connectivity index (χ1n) is 11.4. The molecule has 1 N–H and O–H groups in total. The van der Waals surface area contributed by atoms with E-state index in [2.05, 4.69) is 11.2 Å². The van der Waals surface area contributed by atoms with Crippen molar-refractivity contribution >= 4 is 11.7 Å². The first-order chi connectivity index (χ1) is 17.1. The lowest BCUT2D eigenvalue weighted by molar-refractivity contribution is -0.116. The van der Waals surface area contributed by atoms with E-state index in [0.717, 1.165) is 33.6 Å². The lowest BCUT2D eigenvalue weighted by Crippen LogP contribution is -2.25. The summed E-state index contributed by atoms with van der Waals surface area (Å²) < 4.78 is 13.0. The van der Waals surface area contributed by atoms with Crippen molar-refractivity contribution in [2.24, 2.45) is 0 Å². The van der Waals surface area contributed by atoms with Crippen LogP contribution in [0.15, 0.2) is 72.8 Å². The molecule has 174 valence electrons. The number of aromatic nitrogens is 2. The van der Waals surface area contributed by atoms with Crippen molar-refractivity contribution in [1.29, 1.82) is 0 Å². The van der Waals surface area contributed by atoms with Crippen molar-refractivity contribution in [3.05, 3.63) is 89.5 Å². The Morgan fingerprint density at radius 3 is 2.57 bits per heavy atom. The van der Waals surface area contributed by atoms with Crippen LogP contribution in [-0.4, -0.2) is 29.4 Å². The lowest BCUT2D eigenvalue weighted by Gasteiger charge is -2.25.